The first-order valence-corrected chi connectivity index (χ1v) is 12.3. The molecule has 8 nitrogen and oxygen atoms in total. The number of rotatable bonds is 6. The molecule has 6 rings (SSSR count). The van der Waals surface area contributed by atoms with E-state index >= 15 is 0 Å². The number of nitrogens with zero attached hydrogens (tertiary/aromatic N) is 5. The van der Waals surface area contributed by atoms with Crippen LogP contribution in [0.4, 0.5) is 5.82 Å². The number of piperidine rings is 1. The predicted molar refractivity (Wildman–Crippen MR) is 142 cm³/mol. The highest BCUT2D eigenvalue weighted by atomic mass is 15.2. The van der Waals surface area contributed by atoms with Crippen LogP contribution in [0.1, 0.15) is 30.1 Å². The molecule has 4 N–H and O–H groups in total. The smallest absolute Gasteiger partial charge is 0.149 e. The number of hydrogen-bond donors (Lipinski definition) is 3. The van der Waals surface area contributed by atoms with Crippen LogP contribution in [0.5, 0.6) is 0 Å². The number of fused-ring (bicyclic) bond motifs is 1. The maximum atomic E-state index is 5.73. The Bertz CT molecular complexity index is 1440. The van der Waals surface area contributed by atoms with Crippen molar-refractivity contribution in [2.75, 3.05) is 18.5 Å². The zero-order valence-corrected chi connectivity index (χ0v) is 19.9. The normalized spacial score (nSPS) is 14.8. The molecule has 0 saturated carbocycles. The molecule has 1 saturated heterocycles. The van der Waals surface area contributed by atoms with Gasteiger partial charge in [-0.05, 0) is 49.2 Å². The molecule has 8 heteroatoms. The number of aromatic nitrogens is 5. The third-order valence-electron chi connectivity index (χ3n) is 7.01. The lowest BCUT2D eigenvalue weighted by atomic mass is 9.95. The van der Waals surface area contributed by atoms with Crippen molar-refractivity contribution in [3.8, 4) is 22.4 Å². The van der Waals surface area contributed by atoms with Gasteiger partial charge in [0.25, 0.3) is 0 Å². The van der Waals surface area contributed by atoms with Crippen LogP contribution >= 0.6 is 0 Å². The maximum Gasteiger partial charge on any atom is 0.149 e. The van der Waals surface area contributed by atoms with E-state index < -0.39 is 0 Å². The van der Waals surface area contributed by atoms with Crippen LogP contribution < -0.4 is 11.3 Å². The summed E-state index contributed by atoms with van der Waals surface area (Å²) in [5.74, 6) is 7.84. The SMILES string of the molecule is NNc1nccc2nc(-c3ccc(CN4CCC(c5ncn[nH]5)CC4)cc3)c(-c3ccccc3)cc12. The highest BCUT2D eigenvalue weighted by molar-refractivity contribution is 5.96. The molecule has 0 amide bonds. The molecule has 0 bridgehead atoms. The Kier molecular flexibility index (Phi) is 6.11. The molecule has 0 radical (unpaired) electrons. The van der Waals surface area contributed by atoms with Crippen LogP contribution in [0.25, 0.3) is 33.3 Å². The van der Waals surface area contributed by atoms with E-state index in [1.165, 1.54) is 5.56 Å². The first-order chi connectivity index (χ1) is 17.8. The van der Waals surface area contributed by atoms with E-state index in [0.29, 0.717) is 11.7 Å². The lowest BCUT2D eigenvalue weighted by Crippen LogP contribution is -2.32. The largest absolute Gasteiger partial charge is 0.308 e. The van der Waals surface area contributed by atoms with Crippen molar-refractivity contribution in [3.05, 3.63) is 90.6 Å². The van der Waals surface area contributed by atoms with Crippen LogP contribution in [0.2, 0.25) is 0 Å². The third-order valence-corrected chi connectivity index (χ3v) is 7.01. The average Bonchev–Trinajstić information content (AvgIpc) is 3.48. The number of anilines is 1. The number of likely N-dealkylation sites (tertiary alicyclic amines) is 1. The van der Waals surface area contributed by atoms with Crippen LogP contribution in [0, 0.1) is 0 Å². The monoisotopic (exact) mass is 476 g/mol. The molecule has 0 aliphatic carbocycles. The van der Waals surface area contributed by atoms with Crippen LogP contribution in [0.3, 0.4) is 0 Å². The van der Waals surface area contributed by atoms with Crippen molar-refractivity contribution >= 4 is 16.7 Å². The molecular weight excluding hydrogens is 448 g/mol. The zero-order chi connectivity index (χ0) is 24.3. The minimum atomic E-state index is 0.478. The summed E-state index contributed by atoms with van der Waals surface area (Å²) in [5.41, 5.74) is 9.04. The first kappa shape index (κ1) is 22.3. The summed E-state index contributed by atoms with van der Waals surface area (Å²) in [5, 5.41) is 7.93. The number of nitrogens with one attached hydrogen (secondary N) is 2. The fourth-order valence-electron chi connectivity index (χ4n) is 5.07. The number of hydrazine groups is 1. The molecule has 36 heavy (non-hydrogen) atoms. The number of nitrogen functional groups attached to an aromatic ring is 1. The van der Waals surface area contributed by atoms with E-state index in [2.05, 4.69) is 73.0 Å². The summed E-state index contributed by atoms with van der Waals surface area (Å²) in [6, 6.07) is 23.2. The van der Waals surface area contributed by atoms with Crippen molar-refractivity contribution in [2.45, 2.75) is 25.3 Å². The van der Waals surface area contributed by atoms with Crippen molar-refractivity contribution < 1.29 is 0 Å². The van der Waals surface area contributed by atoms with Gasteiger partial charge in [0.15, 0.2) is 0 Å². The van der Waals surface area contributed by atoms with Crippen molar-refractivity contribution in [1.29, 1.82) is 0 Å². The Balaban J connectivity index is 1.26. The molecular formula is C28H28N8. The zero-order valence-electron chi connectivity index (χ0n) is 19.9. The molecule has 0 atom stereocenters. The molecule has 1 aliphatic rings. The highest BCUT2D eigenvalue weighted by Gasteiger charge is 2.22. The van der Waals surface area contributed by atoms with E-state index in [4.69, 9.17) is 10.8 Å². The van der Waals surface area contributed by atoms with E-state index in [9.17, 15) is 0 Å². The summed E-state index contributed by atoms with van der Waals surface area (Å²) in [7, 11) is 0. The highest BCUT2D eigenvalue weighted by Crippen LogP contribution is 2.35. The van der Waals surface area contributed by atoms with Gasteiger partial charge in [-0.3, -0.25) is 10.00 Å². The minimum absolute atomic E-state index is 0.478. The average molecular weight is 477 g/mol. The molecule has 2 aromatic carbocycles. The van der Waals surface area contributed by atoms with Gasteiger partial charge in [-0.1, -0.05) is 54.6 Å². The van der Waals surface area contributed by atoms with Gasteiger partial charge in [-0.15, -0.1) is 0 Å². The second-order valence-electron chi connectivity index (χ2n) is 9.24. The summed E-state index contributed by atoms with van der Waals surface area (Å²) in [4.78, 5) is 16.3. The van der Waals surface area contributed by atoms with Gasteiger partial charge in [0.1, 0.15) is 18.0 Å². The molecule has 180 valence electrons. The van der Waals surface area contributed by atoms with Crippen LogP contribution in [0.15, 0.2) is 79.3 Å². The van der Waals surface area contributed by atoms with Crippen LogP contribution in [-0.2, 0) is 6.54 Å². The number of pyridine rings is 2. The fourth-order valence-corrected chi connectivity index (χ4v) is 5.07. The fraction of sp³-hybridized carbons (Fsp3) is 0.214. The summed E-state index contributed by atoms with van der Waals surface area (Å²) >= 11 is 0. The molecule has 4 heterocycles. The number of benzene rings is 2. The summed E-state index contributed by atoms with van der Waals surface area (Å²) < 4.78 is 0. The number of aromatic amines is 1. The molecule has 1 aliphatic heterocycles. The van der Waals surface area contributed by atoms with Crippen LogP contribution in [-0.4, -0.2) is 43.1 Å². The Labute approximate surface area is 209 Å². The van der Waals surface area contributed by atoms with E-state index in [-0.39, 0.29) is 0 Å². The number of nitrogens with two attached hydrogens (primary N) is 1. The number of hydrogen-bond acceptors (Lipinski definition) is 7. The topological polar surface area (TPSA) is 109 Å². The van der Waals surface area contributed by atoms with Gasteiger partial charge in [0.2, 0.25) is 0 Å². The Hall–Kier alpha value is -4.14. The van der Waals surface area contributed by atoms with Gasteiger partial charge in [-0.2, -0.15) is 5.10 Å². The van der Waals surface area contributed by atoms with Crippen molar-refractivity contribution in [3.63, 3.8) is 0 Å². The van der Waals surface area contributed by atoms with Gasteiger partial charge in [-0.25, -0.2) is 20.8 Å². The summed E-state index contributed by atoms with van der Waals surface area (Å²) in [6.07, 6.45) is 5.53. The van der Waals surface area contributed by atoms with E-state index in [1.807, 2.05) is 24.3 Å². The standard InChI is InChI=1S/C28H28N8/c29-34-28-24-16-23(20-4-2-1-3-5-20)26(33-25(24)10-13-30-28)21-8-6-19(7-9-21)17-36-14-11-22(12-15-36)27-31-18-32-35-27/h1-10,13,16,18,22H,11-12,14-15,17,29H2,(H,30,34)(H,31,32,35). The first-order valence-electron chi connectivity index (χ1n) is 12.3. The van der Waals surface area contributed by atoms with Gasteiger partial charge in [0, 0.05) is 35.2 Å². The van der Waals surface area contributed by atoms with Gasteiger partial charge in [0.05, 0.1) is 11.2 Å². The molecule has 0 spiro atoms. The lowest BCUT2D eigenvalue weighted by Gasteiger charge is -2.30. The second kappa shape index (κ2) is 9.85. The molecule has 1 fully saturated rings. The molecule has 0 unspecified atom stereocenters. The Morgan fingerprint density at radius 3 is 2.47 bits per heavy atom. The van der Waals surface area contributed by atoms with Crippen molar-refractivity contribution in [1.82, 2.24) is 30.0 Å². The van der Waals surface area contributed by atoms with Crippen molar-refractivity contribution in [2.24, 2.45) is 5.84 Å². The second-order valence-corrected chi connectivity index (χ2v) is 9.24. The Morgan fingerprint density at radius 1 is 0.944 bits per heavy atom. The Morgan fingerprint density at radius 2 is 1.75 bits per heavy atom. The molecule has 3 aromatic heterocycles. The van der Waals surface area contributed by atoms with E-state index in [0.717, 1.165) is 71.6 Å². The quantitative estimate of drug-likeness (QED) is 0.240. The van der Waals surface area contributed by atoms with Gasteiger partial charge < -0.3 is 5.43 Å². The minimum Gasteiger partial charge on any atom is -0.308 e. The predicted octanol–water partition coefficient (Wildman–Crippen LogP) is 4.75. The molecule has 5 aromatic rings. The number of H-pyrrole nitrogens is 1. The maximum absolute atomic E-state index is 5.73. The third kappa shape index (κ3) is 4.44. The summed E-state index contributed by atoms with van der Waals surface area (Å²) in [6.45, 7) is 3.06. The lowest BCUT2D eigenvalue weighted by molar-refractivity contribution is 0.202. The van der Waals surface area contributed by atoms with E-state index in [1.54, 1.807) is 12.5 Å². The van der Waals surface area contributed by atoms with Gasteiger partial charge >= 0.3 is 0 Å².